The van der Waals surface area contributed by atoms with Crippen molar-refractivity contribution in [1.29, 1.82) is 0 Å². The molecule has 9 heteroatoms. The lowest BCUT2D eigenvalue weighted by atomic mass is 10.0. The van der Waals surface area contributed by atoms with Gasteiger partial charge in [-0.2, -0.15) is 5.10 Å². The lowest BCUT2D eigenvalue weighted by Gasteiger charge is -2.33. The number of benzene rings is 2. The van der Waals surface area contributed by atoms with Gasteiger partial charge < -0.3 is 20.5 Å². The van der Waals surface area contributed by atoms with Gasteiger partial charge in [0.05, 0.1) is 18.0 Å². The fourth-order valence-corrected chi connectivity index (χ4v) is 4.39. The molecule has 1 atom stereocenters. The third-order valence-electron chi connectivity index (χ3n) is 6.15. The van der Waals surface area contributed by atoms with Crippen LogP contribution in [0.2, 0.25) is 0 Å². The predicted octanol–water partition coefficient (Wildman–Crippen LogP) is 3.58. The quantitative estimate of drug-likeness (QED) is 0.413. The van der Waals surface area contributed by atoms with E-state index in [1.165, 1.54) is 6.33 Å². The average Bonchev–Trinajstić information content (AvgIpc) is 3.30. The van der Waals surface area contributed by atoms with Gasteiger partial charge in [-0.15, -0.1) is 0 Å². The normalized spacial score (nSPS) is 15.8. The third kappa shape index (κ3) is 4.45. The van der Waals surface area contributed by atoms with Crippen molar-refractivity contribution in [3.63, 3.8) is 0 Å². The number of aliphatic hydroxyl groups is 1. The summed E-state index contributed by atoms with van der Waals surface area (Å²) >= 11 is 0. The van der Waals surface area contributed by atoms with E-state index in [0.717, 1.165) is 24.2 Å². The lowest BCUT2D eigenvalue weighted by Crippen LogP contribution is -2.42. The van der Waals surface area contributed by atoms with Gasteiger partial charge in [0, 0.05) is 24.2 Å². The zero-order valence-electron chi connectivity index (χ0n) is 19.2. The van der Waals surface area contributed by atoms with Crippen molar-refractivity contribution in [2.45, 2.75) is 18.9 Å². The average molecular weight is 471 g/mol. The number of aliphatic hydroxyl groups excluding tert-OH is 1. The number of piperidine rings is 1. The molecule has 3 heterocycles. The number of amides is 1. The van der Waals surface area contributed by atoms with Crippen molar-refractivity contribution in [2.75, 3.05) is 25.4 Å². The lowest BCUT2D eigenvalue weighted by molar-refractivity contribution is -0.129. The van der Waals surface area contributed by atoms with Crippen LogP contribution >= 0.6 is 0 Å². The Morgan fingerprint density at radius 2 is 1.86 bits per heavy atom. The number of para-hydroxylation sites is 1. The van der Waals surface area contributed by atoms with Crippen LogP contribution in [0, 0.1) is 0 Å². The number of nitrogens with zero attached hydrogens (tertiary/aromatic N) is 5. The smallest absolute Gasteiger partial charge is 0.251 e. The molecule has 0 radical (unpaired) electrons. The van der Waals surface area contributed by atoms with E-state index in [4.69, 9.17) is 15.6 Å². The first-order chi connectivity index (χ1) is 17.0. The number of hydrogen-bond donors (Lipinski definition) is 2. The van der Waals surface area contributed by atoms with Crippen LogP contribution in [0.15, 0.2) is 73.1 Å². The van der Waals surface area contributed by atoms with Crippen LogP contribution in [-0.4, -0.2) is 55.4 Å². The largest absolute Gasteiger partial charge is 0.457 e. The van der Waals surface area contributed by atoms with Crippen LogP contribution in [-0.2, 0) is 4.79 Å². The maximum absolute atomic E-state index is 12.6. The Kier molecular flexibility index (Phi) is 6.15. The fraction of sp³-hybridized carbons (Fsp3) is 0.231. The second-order valence-corrected chi connectivity index (χ2v) is 8.50. The number of likely N-dealkylation sites (tertiary alicyclic amines) is 1. The van der Waals surface area contributed by atoms with E-state index in [1.807, 2.05) is 59.3 Å². The van der Waals surface area contributed by atoms with Crippen molar-refractivity contribution in [2.24, 2.45) is 0 Å². The zero-order chi connectivity index (χ0) is 24.4. The van der Waals surface area contributed by atoms with Gasteiger partial charge in [-0.1, -0.05) is 24.8 Å². The van der Waals surface area contributed by atoms with Crippen LogP contribution in [0.25, 0.3) is 22.3 Å². The first-order valence-electron chi connectivity index (χ1n) is 11.4. The molecule has 0 spiro atoms. The molecule has 0 saturated carbocycles. The Morgan fingerprint density at radius 1 is 1.11 bits per heavy atom. The number of nitrogens with two attached hydrogens (primary N) is 1. The monoisotopic (exact) mass is 470 g/mol. The topological polar surface area (TPSA) is 119 Å². The molecule has 2 aromatic carbocycles. The van der Waals surface area contributed by atoms with E-state index >= 15 is 0 Å². The van der Waals surface area contributed by atoms with Crippen molar-refractivity contribution < 1.29 is 14.6 Å². The molecule has 2 aromatic heterocycles. The Morgan fingerprint density at radius 3 is 2.60 bits per heavy atom. The summed E-state index contributed by atoms with van der Waals surface area (Å²) in [5, 5.41) is 14.9. The minimum absolute atomic E-state index is 0.0922. The van der Waals surface area contributed by atoms with Gasteiger partial charge in [-0.25, -0.2) is 14.6 Å². The molecular formula is C26H26N6O3. The molecule has 178 valence electrons. The number of aromatic nitrogens is 4. The van der Waals surface area contributed by atoms with E-state index in [2.05, 4.69) is 16.5 Å². The van der Waals surface area contributed by atoms with Gasteiger partial charge in [0.25, 0.3) is 5.91 Å². The summed E-state index contributed by atoms with van der Waals surface area (Å²) in [5.74, 6) is 1.57. The standard InChI is InChI=1S/C26H26N6O3/c1-17(15-33)26(34)31-13-5-6-19(14-31)32-25-22(24(27)28-16-29-25)23(30-32)18-9-11-21(12-10-18)35-20-7-3-2-4-8-20/h2-4,7-12,16,19,33H,1,5-6,13-15H2,(H2,27,28,29)/t19-/m1/s1. The molecule has 3 N–H and O–H groups in total. The Bertz CT molecular complexity index is 1370. The summed E-state index contributed by atoms with van der Waals surface area (Å²) in [7, 11) is 0. The summed E-state index contributed by atoms with van der Waals surface area (Å²) in [6.07, 6.45) is 3.06. The van der Waals surface area contributed by atoms with Crippen LogP contribution in [0.3, 0.4) is 0 Å². The van der Waals surface area contributed by atoms with Crippen molar-refractivity contribution >= 4 is 22.8 Å². The minimum atomic E-state index is -0.359. The maximum atomic E-state index is 12.6. The highest BCUT2D eigenvalue weighted by atomic mass is 16.5. The highest BCUT2D eigenvalue weighted by Gasteiger charge is 2.29. The highest BCUT2D eigenvalue weighted by Crippen LogP contribution is 2.35. The summed E-state index contributed by atoms with van der Waals surface area (Å²) in [5.41, 5.74) is 8.60. The van der Waals surface area contributed by atoms with Crippen LogP contribution < -0.4 is 10.5 Å². The molecular weight excluding hydrogens is 444 g/mol. The van der Waals surface area contributed by atoms with Gasteiger partial charge >= 0.3 is 0 Å². The maximum Gasteiger partial charge on any atom is 0.251 e. The molecule has 0 aliphatic carbocycles. The second-order valence-electron chi connectivity index (χ2n) is 8.50. The Hall–Kier alpha value is -4.24. The molecule has 1 amide bonds. The second kappa shape index (κ2) is 9.55. The van der Waals surface area contributed by atoms with E-state index in [9.17, 15) is 9.90 Å². The Labute approximate surface area is 202 Å². The minimum Gasteiger partial charge on any atom is -0.457 e. The predicted molar refractivity (Wildman–Crippen MR) is 133 cm³/mol. The summed E-state index contributed by atoms with van der Waals surface area (Å²) in [4.78, 5) is 23.0. The molecule has 35 heavy (non-hydrogen) atoms. The molecule has 0 unspecified atom stereocenters. The number of carbonyl (C=O) groups excluding carboxylic acids is 1. The number of anilines is 1. The van der Waals surface area contributed by atoms with Gasteiger partial charge in [0.1, 0.15) is 29.3 Å². The van der Waals surface area contributed by atoms with Crippen LogP contribution in [0.4, 0.5) is 5.82 Å². The van der Waals surface area contributed by atoms with E-state index < -0.39 is 0 Å². The number of carbonyl (C=O) groups is 1. The summed E-state index contributed by atoms with van der Waals surface area (Å²) < 4.78 is 7.75. The van der Waals surface area contributed by atoms with Gasteiger partial charge in [0.15, 0.2) is 5.65 Å². The molecule has 0 bridgehead atoms. The van der Waals surface area contributed by atoms with Crippen molar-refractivity contribution in [3.05, 3.63) is 73.1 Å². The van der Waals surface area contributed by atoms with Gasteiger partial charge in [0.2, 0.25) is 0 Å². The number of fused-ring (bicyclic) bond motifs is 1. The van der Waals surface area contributed by atoms with Crippen LogP contribution in [0.5, 0.6) is 11.5 Å². The van der Waals surface area contributed by atoms with E-state index in [1.54, 1.807) is 4.90 Å². The third-order valence-corrected chi connectivity index (χ3v) is 6.15. The van der Waals surface area contributed by atoms with Gasteiger partial charge in [-0.3, -0.25) is 4.79 Å². The fourth-order valence-electron chi connectivity index (χ4n) is 4.39. The molecule has 5 rings (SSSR count). The number of ether oxygens (including phenoxy) is 1. The summed E-state index contributed by atoms with van der Waals surface area (Å²) in [6.45, 7) is 4.37. The first kappa shape index (κ1) is 22.5. The van der Waals surface area contributed by atoms with E-state index in [-0.39, 0.29) is 24.1 Å². The number of hydrogen-bond acceptors (Lipinski definition) is 7. The van der Waals surface area contributed by atoms with Crippen molar-refractivity contribution in [3.8, 4) is 22.8 Å². The van der Waals surface area contributed by atoms with Crippen molar-refractivity contribution in [1.82, 2.24) is 24.6 Å². The van der Waals surface area contributed by atoms with Crippen LogP contribution in [0.1, 0.15) is 18.9 Å². The number of rotatable bonds is 6. The zero-order valence-corrected chi connectivity index (χ0v) is 19.2. The summed E-state index contributed by atoms with van der Waals surface area (Å²) in [6, 6.07) is 17.1. The first-order valence-corrected chi connectivity index (χ1v) is 11.4. The van der Waals surface area contributed by atoms with Gasteiger partial charge in [-0.05, 0) is 49.2 Å². The molecule has 9 nitrogen and oxygen atoms in total. The molecule has 1 fully saturated rings. The molecule has 1 saturated heterocycles. The molecule has 1 aliphatic heterocycles. The molecule has 4 aromatic rings. The SMILES string of the molecule is C=C(CO)C(=O)N1CCC[C@@H](n2nc(-c3ccc(Oc4ccccc4)cc3)c3c(N)ncnc32)C1. The highest BCUT2D eigenvalue weighted by molar-refractivity contribution is 5.98. The Balaban J connectivity index is 1.48. The number of nitrogen functional groups attached to an aromatic ring is 1. The molecule has 1 aliphatic rings. The van der Waals surface area contributed by atoms with E-state index in [0.29, 0.717) is 41.4 Å².